The van der Waals surface area contributed by atoms with Crippen molar-refractivity contribution >= 4 is 32.7 Å². The van der Waals surface area contributed by atoms with Gasteiger partial charge in [-0.05, 0) is 30.2 Å². The minimum atomic E-state index is -3.10. The minimum absolute atomic E-state index is 0.0633. The SMILES string of the molecule is COc1ccccc1CC(=O)N=C1SC2CS(=O)(=O)CC2N1CCc1ccc(F)cc1. The number of rotatable bonds is 6. The summed E-state index contributed by atoms with van der Waals surface area (Å²) in [5, 5.41) is 0.433. The number of amidine groups is 1. The third-order valence-corrected chi connectivity index (χ3v) is 8.73. The molecule has 31 heavy (non-hydrogen) atoms. The first-order chi connectivity index (χ1) is 14.8. The fourth-order valence-electron chi connectivity index (χ4n) is 3.96. The Labute approximate surface area is 185 Å². The highest BCUT2D eigenvalue weighted by Gasteiger charge is 2.48. The molecule has 0 spiro atoms. The average Bonchev–Trinajstić information content (AvgIpc) is 3.19. The minimum Gasteiger partial charge on any atom is -0.496 e. The Morgan fingerprint density at radius 1 is 1.19 bits per heavy atom. The van der Waals surface area contributed by atoms with Crippen LogP contribution in [0.3, 0.4) is 0 Å². The van der Waals surface area contributed by atoms with E-state index in [0.717, 1.165) is 11.1 Å². The highest BCUT2D eigenvalue weighted by atomic mass is 32.2. The van der Waals surface area contributed by atoms with E-state index in [9.17, 15) is 17.6 Å². The van der Waals surface area contributed by atoms with Gasteiger partial charge in [-0.2, -0.15) is 4.99 Å². The molecular weight excluding hydrogens is 439 g/mol. The fourth-order valence-corrected chi connectivity index (χ4v) is 7.95. The summed E-state index contributed by atoms with van der Waals surface area (Å²) in [4.78, 5) is 19.0. The van der Waals surface area contributed by atoms with Crippen molar-refractivity contribution in [2.75, 3.05) is 25.2 Å². The van der Waals surface area contributed by atoms with Gasteiger partial charge in [-0.3, -0.25) is 4.79 Å². The van der Waals surface area contributed by atoms with Crippen LogP contribution in [0.25, 0.3) is 0 Å². The predicted molar refractivity (Wildman–Crippen MR) is 120 cm³/mol. The molecule has 0 radical (unpaired) electrons. The number of benzene rings is 2. The van der Waals surface area contributed by atoms with Crippen molar-refractivity contribution in [1.29, 1.82) is 0 Å². The molecule has 2 aliphatic heterocycles. The van der Waals surface area contributed by atoms with Crippen LogP contribution < -0.4 is 4.74 Å². The lowest BCUT2D eigenvalue weighted by atomic mass is 10.1. The van der Waals surface area contributed by atoms with Crippen molar-refractivity contribution in [3.63, 3.8) is 0 Å². The lowest BCUT2D eigenvalue weighted by Crippen LogP contribution is -2.39. The molecule has 0 bridgehead atoms. The summed E-state index contributed by atoms with van der Waals surface area (Å²) in [7, 11) is -1.55. The van der Waals surface area contributed by atoms with E-state index in [0.29, 0.717) is 23.9 Å². The molecule has 2 unspecified atom stereocenters. The second-order valence-corrected chi connectivity index (χ2v) is 11.0. The molecular formula is C22H23FN2O4S2. The standard InChI is InChI=1S/C22H23FN2O4S2/c1-29-19-5-3-2-4-16(19)12-21(26)24-22-25(11-10-15-6-8-17(23)9-7-15)18-13-31(27,28)14-20(18)30-22/h2-9,18,20H,10-14H2,1H3. The van der Waals surface area contributed by atoms with Crippen LogP contribution in [0.4, 0.5) is 4.39 Å². The average molecular weight is 463 g/mol. The maximum Gasteiger partial charge on any atom is 0.252 e. The molecule has 2 aromatic carbocycles. The van der Waals surface area contributed by atoms with Crippen molar-refractivity contribution in [3.8, 4) is 5.75 Å². The summed E-state index contributed by atoms with van der Waals surface area (Å²) in [6.07, 6.45) is 0.706. The lowest BCUT2D eigenvalue weighted by molar-refractivity contribution is -0.117. The van der Waals surface area contributed by atoms with E-state index in [4.69, 9.17) is 4.74 Å². The van der Waals surface area contributed by atoms with Crippen LogP contribution in [0.2, 0.25) is 0 Å². The lowest BCUT2D eigenvalue weighted by Gasteiger charge is -2.24. The van der Waals surface area contributed by atoms with Crippen LogP contribution in [-0.4, -0.2) is 60.8 Å². The van der Waals surface area contributed by atoms with Crippen molar-refractivity contribution < 1.29 is 22.3 Å². The van der Waals surface area contributed by atoms with E-state index in [-0.39, 0.29) is 40.9 Å². The van der Waals surface area contributed by atoms with Gasteiger partial charge in [0, 0.05) is 17.4 Å². The molecule has 0 aromatic heterocycles. The number of thioether (sulfide) groups is 1. The highest BCUT2D eigenvalue weighted by molar-refractivity contribution is 8.15. The molecule has 0 N–H and O–H groups in total. The van der Waals surface area contributed by atoms with Crippen LogP contribution in [-0.2, 0) is 27.5 Å². The van der Waals surface area contributed by atoms with Gasteiger partial charge in [-0.25, -0.2) is 12.8 Å². The quantitative estimate of drug-likeness (QED) is 0.657. The molecule has 4 rings (SSSR count). The second-order valence-electron chi connectivity index (χ2n) is 7.65. The first-order valence-electron chi connectivity index (χ1n) is 9.96. The Bertz CT molecular complexity index is 1100. The first kappa shape index (κ1) is 21.8. The van der Waals surface area contributed by atoms with Crippen molar-refractivity contribution in [2.45, 2.75) is 24.1 Å². The number of para-hydroxylation sites is 1. The van der Waals surface area contributed by atoms with Gasteiger partial charge in [0.15, 0.2) is 15.0 Å². The third-order valence-electron chi connectivity index (χ3n) is 5.48. The van der Waals surface area contributed by atoms with Gasteiger partial charge in [0.25, 0.3) is 5.91 Å². The Kier molecular flexibility index (Phi) is 6.34. The van der Waals surface area contributed by atoms with E-state index < -0.39 is 9.84 Å². The zero-order valence-electron chi connectivity index (χ0n) is 17.0. The van der Waals surface area contributed by atoms with Gasteiger partial charge in [0.2, 0.25) is 0 Å². The van der Waals surface area contributed by atoms with E-state index in [2.05, 4.69) is 4.99 Å². The predicted octanol–water partition coefficient (Wildman–Crippen LogP) is 2.72. The highest BCUT2D eigenvalue weighted by Crippen LogP contribution is 2.38. The summed E-state index contributed by atoms with van der Waals surface area (Å²) >= 11 is 1.36. The van der Waals surface area contributed by atoms with Gasteiger partial charge >= 0.3 is 0 Å². The van der Waals surface area contributed by atoms with E-state index >= 15 is 0 Å². The maximum atomic E-state index is 13.2. The molecule has 9 heteroatoms. The number of aliphatic imine (C=N–C) groups is 1. The number of halogens is 1. The van der Waals surface area contributed by atoms with Crippen molar-refractivity contribution in [2.24, 2.45) is 4.99 Å². The normalized spacial score (nSPS) is 23.2. The van der Waals surface area contributed by atoms with Crippen LogP contribution >= 0.6 is 11.8 Å². The molecule has 164 valence electrons. The number of ether oxygens (including phenoxy) is 1. The molecule has 1 amide bonds. The van der Waals surface area contributed by atoms with Crippen molar-refractivity contribution in [1.82, 2.24) is 4.90 Å². The maximum absolute atomic E-state index is 13.2. The van der Waals surface area contributed by atoms with Crippen LogP contribution in [0.5, 0.6) is 5.75 Å². The summed E-state index contributed by atoms with van der Waals surface area (Å²) in [6, 6.07) is 13.3. The molecule has 2 saturated heterocycles. The Morgan fingerprint density at radius 2 is 1.94 bits per heavy atom. The van der Waals surface area contributed by atoms with Gasteiger partial charge in [0.05, 0.1) is 31.1 Å². The van der Waals surface area contributed by atoms with Gasteiger partial charge in [-0.15, -0.1) is 0 Å². The largest absolute Gasteiger partial charge is 0.496 e. The number of methoxy groups -OCH3 is 1. The molecule has 2 atom stereocenters. The number of amides is 1. The van der Waals surface area contributed by atoms with Crippen LogP contribution in [0.1, 0.15) is 11.1 Å². The number of carbonyl (C=O) groups excluding carboxylic acids is 1. The number of sulfone groups is 1. The first-order valence-corrected chi connectivity index (χ1v) is 12.7. The topological polar surface area (TPSA) is 76.0 Å². The van der Waals surface area contributed by atoms with Crippen LogP contribution in [0.15, 0.2) is 53.5 Å². The summed E-state index contributed by atoms with van der Waals surface area (Å²) in [5.74, 6) is 0.183. The number of carbonyl (C=O) groups is 1. The van der Waals surface area contributed by atoms with E-state index in [1.165, 1.54) is 23.9 Å². The smallest absolute Gasteiger partial charge is 0.252 e. The summed E-state index contributed by atoms with van der Waals surface area (Å²) in [5.41, 5.74) is 1.69. The molecule has 6 nitrogen and oxygen atoms in total. The zero-order chi connectivity index (χ0) is 22.0. The summed E-state index contributed by atoms with van der Waals surface area (Å²) < 4.78 is 42.8. The van der Waals surface area contributed by atoms with Gasteiger partial charge < -0.3 is 9.64 Å². The second kappa shape index (κ2) is 9.00. The summed E-state index contributed by atoms with van der Waals surface area (Å²) in [6.45, 7) is 0.510. The number of hydrogen-bond acceptors (Lipinski definition) is 5. The van der Waals surface area contributed by atoms with Gasteiger partial charge in [-0.1, -0.05) is 42.1 Å². The number of hydrogen-bond donors (Lipinski definition) is 0. The molecule has 2 fully saturated rings. The zero-order valence-corrected chi connectivity index (χ0v) is 18.7. The molecule has 2 aromatic rings. The van der Waals surface area contributed by atoms with E-state index in [1.54, 1.807) is 25.3 Å². The molecule has 0 aliphatic carbocycles. The Morgan fingerprint density at radius 3 is 2.68 bits per heavy atom. The number of fused-ring (bicyclic) bond motifs is 1. The van der Waals surface area contributed by atoms with Crippen molar-refractivity contribution in [3.05, 3.63) is 65.5 Å². The fraction of sp³-hybridized carbons (Fsp3) is 0.364. The van der Waals surface area contributed by atoms with E-state index in [1.807, 2.05) is 23.1 Å². The molecule has 2 aliphatic rings. The molecule has 0 saturated carbocycles. The Hall–Kier alpha value is -2.39. The Balaban J connectivity index is 1.52. The van der Waals surface area contributed by atoms with Crippen LogP contribution in [0, 0.1) is 5.82 Å². The number of nitrogens with zero attached hydrogens (tertiary/aromatic N) is 2. The monoisotopic (exact) mass is 462 g/mol. The molecule has 2 heterocycles. The third kappa shape index (κ3) is 5.10. The van der Waals surface area contributed by atoms with Gasteiger partial charge in [0.1, 0.15) is 11.6 Å².